The normalized spacial score (nSPS) is 36.3. The molecule has 4 aliphatic rings. The zero-order chi connectivity index (χ0) is 35.1. The van der Waals surface area contributed by atoms with Gasteiger partial charge in [-0.3, -0.25) is 0 Å². The third-order valence-corrected chi connectivity index (χ3v) is 14.0. The summed E-state index contributed by atoms with van der Waals surface area (Å²) in [5.41, 5.74) is 23.8. The molecule has 49 heavy (non-hydrogen) atoms. The summed E-state index contributed by atoms with van der Waals surface area (Å²) in [6, 6.07) is 0. The number of fused-ring (bicyclic) bond motifs is 5. The third kappa shape index (κ3) is 10.6. The molecule has 0 saturated heterocycles. The van der Waals surface area contributed by atoms with Gasteiger partial charge in [0.25, 0.3) is 0 Å². The molecule has 0 aromatic rings. The first-order valence-electron chi connectivity index (χ1n) is 20.9. The first-order chi connectivity index (χ1) is 23.8. The molecular weight excluding hydrogens is 612 g/mol. The second-order valence-corrected chi connectivity index (χ2v) is 16.9. The quantitative estimate of drug-likeness (QED) is 0.0741. The Balaban J connectivity index is 1.44. The van der Waals surface area contributed by atoms with Crippen LogP contribution in [0.5, 0.6) is 0 Å². The average Bonchev–Trinajstić information content (AvgIpc) is 3.46. The fourth-order valence-corrected chi connectivity index (χ4v) is 11.3. The molecule has 0 amide bonds. The molecule has 4 rings (SSSR count). The Labute approximate surface area is 301 Å². The minimum Gasteiger partial charge on any atom is -0.378 e. The van der Waals surface area contributed by atoms with E-state index in [9.17, 15) is 0 Å². The summed E-state index contributed by atoms with van der Waals surface area (Å²) in [5.74, 6) is 3.84. The smallest absolute Gasteiger partial charge is 0.0637 e. The fraction of sp³-hybridized carbons (Fsp3) is 1.00. The molecule has 4 saturated carbocycles. The third-order valence-electron chi connectivity index (χ3n) is 14.0. The van der Waals surface area contributed by atoms with Crippen LogP contribution in [0.15, 0.2) is 0 Å². The average molecular weight is 693 g/mol. The number of unbranched alkanes of at least 4 members (excludes halogenated alkanes) is 1. The first kappa shape index (κ1) is 41.4. The molecular formula is C40H80N6O3. The lowest BCUT2D eigenvalue weighted by Crippen LogP contribution is -2.63. The van der Waals surface area contributed by atoms with Gasteiger partial charge in [0, 0.05) is 25.2 Å². The van der Waals surface area contributed by atoms with Gasteiger partial charge >= 0.3 is 0 Å². The molecule has 288 valence electrons. The van der Waals surface area contributed by atoms with Crippen LogP contribution in [0, 0.1) is 46.3 Å². The maximum atomic E-state index is 7.03. The molecule has 4 fully saturated rings. The number of ether oxygens (including phenoxy) is 3. The minimum atomic E-state index is 0.167. The lowest BCUT2D eigenvalue weighted by Gasteiger charge is -2.65. The van der Waals surface area contributed by atoms with Gasteiger partial charge in [-0.05, 0) is 190 Å². The van der Waals surface area contributed by atoms with Crippen molar-refractivity contribution in [1.29, 1.82) is 0 Å². The molecule has 10 N–H and O–H groups in total. The molecule has 9 heteroatoms. The van der Waals surface area contributed by atoms with Gasteiger partial charge in [0.15, 0.2) is 0 Å². The van der Waals surface area contributed by atoms with Gasteiger partial charge in [0.2, 0.25) is 0 Å². The highest BCUT2D eigenvalue weighted by molar-refractivity contribution is 5.15. The van der Waals surface area contributed by atoms with E-state index in [1.807, 2.05) is 0 Å². The van der Waals surface area contributed by atoms with Crippen LogP contribution in [0.1, 0.15) is 117 Å². The Hall–Kier alpha value is -0.360. The molecule has 0 aliphatic heterocycles. The van der Waals surface area contributed by atoms with Gasteiger partial charge in [-0.15, -0.1) is 0 Å². The Morgan fingerprint density at radius 1 is 0.653 bits per heavy atom. The predicted molar refractivity (Wildman–Crippen MR) is 203 cm³/mol. The van der Waals surface area contributed by atoms with Crippen LogP contribution in [-0.4, -0.2) is 90.5 Å². The molecule has 0 aromatic carbocycles. The van der Waals surface area contributed by atoms with Crippen molar-refractivity contribution in [2.24, 2.45) is 69.3 Å². The number of hydrogen-bond acceptors (Lipinski definition) is 9. The summed E-state index contributed by atoms with van der Waals surface area (Å²) in [5, 5.41) is 7.23. The van der Waals surface area contributed by atoms with Crippen LogP contribution >= 0.6 is 0 Å². The van der Waals surface area contributed by atoms with Crippen LogP contribution in [0.3, 0.4) is 0 Å². The number of rotatable bonds is 25. The van der Waals surface area contributed by atoms with Crippen molar-refractivity contribution in [1.82, 2.24) is 10.6 Å². The highest BCUT2D eigenvalue weighted by Crippen LogP contribution is 2.69. The van der Waals surface area contributed by atoms with Crippen LogP contribution < -0.4 is 33.6 Å². The van der Waals surface area contributed by atoms with Gasteiger partial charge in [-0.25, -0.2) is 0 Å². The predicted octanol–water partition coefficient (Wildman–Crippen LogP) is 4.79. The molecule has 0 aromatic heterocycles. The standard InChI is InChI=1S/C40H80N6O3/c1-30(11-6-22-45-20-4-5-21-46-23-7-16-41)33-12-13-34-38-35(29-37(40(33,34)3)49-26-10-19-44)39(2)15-14-32(47-24-8-17-42)27-31(39)28-36(38)48-25-9-18-43/h30-38,45-46H,4-29,41-44H2,1-3H3/t30-,31?,32-,33?,34+,35+,36-,37?,38?,39+,40-/m1/s1. The Morgan fingerprint density at radius 3 is 1.94 bits per heavy atom. The lowest BCUT2D eigenvalue weighted by molar-refractivity contribution is -0.227. The molecule has 0 heterocycles. The molecule has 4 aliphatic carbocycles. The van der Waals surface area contributed by atoms with Crippen molar-refractivity contribution in [2.45, 2.75) is 135 Å². The Kier molecular flexibility index (Phi) is 18.1. The van der Waals surface area contributed by atoms with Crippen LogP contribution in [0.4, 0.5) is 0 Å². The van der Waals surface area contributed by atoms with Crippen molar-refractivity contribution < 1.29 is 14.2 Å². The lowest BCUT2D eigenvalue weighted by atomic mass is 9.43. The van der Waals surface area contributed by atoms with Gasteiger partial charge in [-0.1, -0.05) is 20.8 Å². The Morgan fingerprint density at radius 2 is 1.27 bits per heavy atom. The highest BCUT2D eigenvalue weighted by Gasteiger charge is 2.66. The fourth-order valence-electron chi connectivity index (χ4n) is 11.3. The van der Waals surface area contributed by atoms with E-state index in [-0.39, 0.29) is 11.5 Å². The molecule has 0 spiro atoms. The van der Waals surface area contributed by atoms with E-state index in [0.717, 1.165) is 91.1 Å². The van der Waals surface area contributed by atoms with Gasteiger partial charge < -0.3 is 47.8 Å². The van der Waals surface area contributed by atoms with Gasteiger partial charge in [-0.2, -0.15) is 0 Å². The van der Waals surface area contributed by atoms with E-state index in [2.05, 4.69) is 31.4 Å². The summed E-state index contributed by atoms with van der Waals surface area (Å²) >= 11 is 0. The molecule has 0 bridgehead atoms. The van der Waals surface area contributed by atoms with Crippen molar-refractivity contribution in [3.05, 3.63) is 0 Å². The zero-order valence-corrected chi connectivity index (χ0v) is 32.1. The van der Waals surface area contributed by atoms with E-state index in [0.29, 0.717) is 72.8 Å². The van der Waals surface area contributed by atoms with Crippen molar-refractivity contribution in [3.63, 3.8) is 0 Å². The van der Waals surface area contributed by atoms with E-state index in [1.54, 1.807) is 0 Å². The molecule has 4 unspecified atom stereocenters. The topological polar surface area (TPSA) is 156 Å². The maximum absolute atomic E-state index is 7.03. The second-order valence-electron chi connectivity index (χ2n) is 16.9. The van der Waals surface area contributed by atoms with E-state index in [1.165, 1.54) is 57.8 Å². The number of nitrogens with one attached hydrogen (secondary N) is 2. The van der Waals surface area contributed by atoms with Crippen molar-refractivity contribution in [2.75, 3.05) is 72.2 Å². The van der Waals surface area contributed by atoms with Crippen LogP contribution in [0.25, 0.3) is 0 Å². The van der Waals surface area contributed by atoms with E-state index < -0.39 is 0 Å². The number of nitrogens with two attached hydrogens (primary N) is 4. The Bertz CT molecular complexity index is 900. The van der Waals surface area contributed by atoms with E-state index in [4.69, 9.17) is 37.1 Å². The van der Waals surface area contributed by atoms with Gasteiger partial charge in [0.1, 0.15) is 0 Å². The van der Waals surface area contributed by atoms with Crippen LogP contribution in [0.2, 0.25) is 0 Å². The zero-order valence-electron chi connectivity index (χ0n) is 32.1. The van der Waals surface area contributed by atoms with E-state index >= 15 is 0 Å². The summed E-state index contributed by atoms with van der Waals surface area (Å²) in [6.45, 7) is 17.4. The highest BCUT2D eigenvalue weighted by atomic mass is 16.5. The minimum absolute atomic E-state index is 0.167. The van der Waals surface area contributed by atoms with Crippen molar-refractivity contribution in [3.8, 4) is 0 Å². The number of hydrogen-bond donors (Lipinski definition) is 6. The molecule has 9 nitrogen and oxygen atoms in total. The van der Waals surface area contributed by atoms with Crippen LogP contribution in [-0.2, 0) is 14.2 Å². The SMILES string of the molecule is C[C@H](CCCNCCCCNCCCN)C1CC[C@H]2C3[C@H](OCCCN)CC4C[C@H](OCCCN)CC[C@]4(C)[C@H]3CC(OCCCN)[C@]12C. The molecule has 0 radical (unpaired) electrons. The second kappa shape index (κ2) is 21.4. The summed E-state index contributed by atoms with van der Waals surface area (Å²) in [6.07, 6.45) is 18.3. The first-order valence-corrected chi connectivity index (χ1v) is 20.9. The maximum Gasteiger partial charge on any atom is 0.0637 e. The largest absolute Gasteiger partial charge is 0.378 e. The monoisotopic (exact) mass is 693 g/mol. The van der Waals surface area contributed by atoms with Crippen molar-refractivity contribution >= 4 is 0 Å². The summed E-state index contributed by atoms with van der Waals surface area (Å²) in [7, 11) is 0. The molecule has 11 atom stereocenters. The van der Waals surface area contributed by atoms with Gasteiger partial charge in [0.05, 0.1) is 18.3 Å². The summed E-state index contributed by atoms with van der Waals surface area (Å²) < 4.78 is 20.4. The summed E-state index contributed by atoms with van der Waals surface area (Å²) in [4.78, 5) is 0.